The summed E-state index contributed by atoms with van der Waals surface area (Å²) in [4.78, 5) is 42.4. The highest BCUT2D eigenvalue weighted by atomic mass is 16.7. The Bertz CT molecular complexity index is 820. The zero-order valence-corrected chi connectivity index (χ0v) is 13.6. The van der Waals surface area contributed by atoms with E-state index in [2.05, 4.69) is 0 Å². The molecular weight excluding hydrogens is 318 g/mol. The number of aryl methyl sites for hydroxylation is 1. The lowest BCUT2D eigenvalue weighted by Gasteiger charge is -2.18. The third-order valence-electron chi connectivity index (χ3n) is 4.95. The number of fused-ring (bicyclic) bond motifs is 1. The molecule has 0 unspecified atom stereocenters. The largest absolute Gasteiger partial charge is 0.339 e. The molecule has 5 nitrogen and oxygen atoms in total. The second-order valence-corrected chi connectivity index (χ2v) is 6.59. The molecule has 2 aromatic carbocycles. The number of nitrogens with zero attached hydrogens (tertiary/aromatic N) is 1. The maximum atomic E-state index is 12.6. The molecule has 0 N–H and O–H groups in total. The van der Waals surface area contributed by atoms with E-state index in [0.717, 1.165) is 24.8 Å². The van der Waals surface area contributed by atoms with E-state index < -0.39 is 23.2 Å². The van der Waals surface area contributed by atoms with Crippen molar-refractivity contribution in [3.63, 3.8) is 0 Å². The van der Waals surface area contributed by atoms with Gasteiger partial charge in [-0.2, -0.15) is 0 Å². The van der Waals surface area contributed by atoms with Crippen molar-refractivity contribution in [1.29, 1.82) is 0 Å². The third kappa shape index (κ3) is 2.71. The van der Waals surface area contributed by atoms with E-state index in [1.807, 2.05) is 30.3 Å². The third-order valence-corrected chi connectivity index (χ3v) is 4.95. The highest BCUT2D eigenvalue weighted by Gasteiger charge is 2.53. The normalized spacial score (nSPS) is 17.4. The highest BCUT2D eigenvalue weighted by molar-refractivity contribution is 6.20. The van der Waals surface area contributed by atoms with E-state index >= 15 is 0 Å². The summed E-state index contributed by atoms with van der Waals surface area (Å²) in [5.74, 6) is -1.64. The van der Waals surface area contributed by atoms with Crippen molar-refractivity contribution < 1.29 is 19.2 Å². The molecule has 0 atom stereocenters. The van der Waals surface area contributed by atoms with Crippen LogP contribution in [0.4, 0.5) is 0 Å². The number of amides is 2. The Kier molecular flexibility index (Phi) is 3.64. The molecule has 0 spiro atoms. The molecule has 126 valence electrons. The number of hydrogen-bond donors (Lipinski definition) is 0. The van der Waals surface area contributed by atoms with Crippen LogP contribution in [0.1, 0.15) is 45.5 Å². The summed E-state index contributed by atoms with van der Waals surface area (Å²) >= 11 is 0. The second-order valence-electron chi connectivity index (χ2n) is 6.59. The summed E-state index contributed by atoms with van der Waals surface area (Å²) in [5.41, 5.74) is 1.12. The van der Waals surface area contributed by atoms with Gasteiger partial charge in [-0.25, -0.2) is 4.79 Å². The lowest BCUT2D eigenvalue weighted by Crippen LogP contribution is -2.36. The Morgan fingerprint density at radius 3 is 2.04 bits per heavy atom. The minimum absolute atomic E-state index is 0.273. The Morgan fingerprint density at radius 2 is 1.48 bits per heavy atom. The van der Waals surface area contributed by atoms with Crippen molar-refractivity contribution in [2.24, 2.45) is 5.41 Å². The molecule has 25 heavy (non-hydrogen) atoms. The van der Waals surface area contributed by atoms with Gasteiger partial charge in [-0.3, -0.25) is 9.59 Å². The second kappa shape index (κ2) is 5.84. The smallest absolute Gasteiger partial charge is 0.329 e. The molecule has 0 radical (unpaired) electrons. The Labute approximate surface area is 145 Å². The minimum Gasteiger partial charge on any atom is -0.329 e. The van der Waals surface area contributed by atoms with Crippen LogP contribution in [0.2, 0.25) is 0 Å². The van der Waals surface area contributed by atoms with Gasteiger partial charge in [-0.1, -0.05) is 47.5 Å². The van der Waals surface area contributed by atoms with E-state index in [9.17, 15) is 14.4 Å². The fourth-order valence-electron chi connectivity index (χ4n) is 3.17. The predicted octanol–water partition coefficient (Wildman–Crippen LogP) is 3.15. The maximum Gasteiger partial charge on any atom is 0.339 e. The zero-order valence-electron chi connectivity index (χ0n) is 13.6. The van der Waals surface area contributed by atoms with E-state index in [4.69, 9.17) is 4.84 Å². The molecule has 1 aliphatic carbocycles. The van der Waals surface area contributed by atoms with Gasteiger partial charge in [0.25, 0.3) is 11.8 Å². The molecule has 1 aliphatic heterocycles. The first-order chi connectivity index (χ1) is 12.1. The summed E-state index contributed by atoms with van der Waals surface area (Å²) in [6.07, 6.45) is 2.86. The molecule has 2 aromatic rings. The number of hydrogen-bond acceptors (Lipinski definition) is 4. The molecule has 2 amide bonds. The van der Waals surface area contributed by atoms with Crippen LogP contribution in [0.3, 0.4) is 0 Å². The summed E-state index contributed by atoms with van der Waals surface area (Å²) < 4.78 is 0. The quantitative estimate of drug-likeness (QED) is 0.788. The van der Waals surface area contributed by atoms with Gasteiger partial charge in [-0.15, -0.1) is 0 Å². The SMILES string of the molecule is O=C1c2ccccc2C(=O)N1OC(=O)C1(CCc2ccccc2)CC1. The van der Waals surface area contributed by atoms with Crippen LogP contribution in [0.25, 0.3) is 0 Å². The molecule has 0 aromatic heterocycles. The monoisotopic (exact) mass is 335 g/mol. The summed E-state index contributed by atoms with van der Waals surface area (Å²) in [6, 6.07) is 16.4. The number of carbonyl (C=O) groups is 3. The average molecular weight is 335 g/mol. The van der Waals surface area contributed by atoms with Crippen LogP contribution in [0.5, 0.6) is 0 Å². The molecule has 0 saturated heterocycles. The van der Waals surface area contributed by atoms with Crippen molar-refractivity contribution in [3.05, 3.63) is 71.3 Å². The fraction of sp³-hybridized carbons (Fsp3) is 0.250. The molecule has 5 heteroatoms. The van der Waals surface area contributed by atoms with Crippen molar-refractivity contribution in [2.75, 3.05) is 0 Å². The van der Waals surface area contributed by atoms with Gasteiger partial charge < -0.3 is 4.84 Å². The standard InChI is InChI=1S/C20H17NO4/c22-17-15-8-4-5-9-16(15)18(23)21(17)25-19(24)20(12-13-20)11-10-14-6-2-1-3-7-14/h1-9H,10-13H2. The van der Waals surface area contributed by atoms with Crippen molar-refractivity contribution in [1.82, 2.24) is 5.06 Å². The van der Waals surface area contributed by atoms with E-state index in [1.165, 1.54) is 0 Å². The summed E-state index contributed by atoms with van der Waals surface area (Å²) in [5, 5.41) is 0.607. The summed E-state index contributed by atoms with van der Waals surface area (Å²) in [6.45, 7) is 0. The lowest BCUT2D eigenvalue weighted by molar-refractivity contribution is -0.175. The maximum absolute atomic E-state index is 12.6. The molecule has 1 heterocycles. The number of benzene rings is 2. The zero-order chi connectivity index (χ0) is 17.4. The van der Waals surface area contributed by atoms with Crippen LogP contribution in [-0.4, -0.2) is 22.8 Å². The lowest BCUT2D eigenvalue weighted by atomic mass is 9.97. The first-order valence-corrected chi connectivity index (χ1v) is 8.35. The predicted molar refractivity (Wildman–Crippen MR) is 89.5 cm³/mol. The van der Waals surface area contributed by atoms with Gasteiger partial charge in [0.1, 0.15) is 0 Å². The Balaban J connectivity index is 1.44. The van der Waals surface area contributed by atoms with E-state index in [1.54, 1.807) is 24.3 Å². The molecular formula is C20H17NO4. The van der Waals surface area contributed by atoms with Gasteiger partial charge in [0.05, 0.1) is 16.5 Å². The Morgan fingerprint density at radius 1 is 0.920 bits per heavy atom. The molecule has 2 aliphatic rings. The van der Waals surface area contributed by atoms with Crippen LogP contribution in [-0.2, 0) is 16.1 Å². The van der Waals surface area contributed by atoms with Gasteiger partial charge >= 0.3 is 5.97 Å². The minimum atomic E-state index is -0.578. The average Bonchev–Trinajstić information content (AvgIpc) is 3.41. The van der Waals surface area contributed by atoms with Crippen molar-refractivity contribution in [3.8, 4) is 0 Å². The first-order valence-electron chi connectivity index (χ1n) is 8.35. The van der Waals surface area contributed by atoms with Crippen LogP contribution in [0.15, 0.2) is 54.6 Å². The van der Waals surface area contributed by atoms with E-state index in [-0.39, 0.29) is 11.1 Å². The van der Waals surface area contributed by atoms with Crippen molar-refractivity contribution in [2.45, 2.75) is 25.7 Å². The molecule has 0 bridgehead atoms. The van der Waals surface area contributed by atoms with Gasteiger partial charge in [0.15, 0.2) is 0 Å². The number of imide groups is 1. The molecule has 1 fully saturated rings. The topological polar surface area (TPSA) is 63.7 Å². The highest BCUT2D eigenvalue weighted by Crippen LogP contribution is 2.51. The van der Waals surface area contributed by atoms with Crippen LogP contribution < -0.4 is 0 Å². The molecule has 4 rings (SSSR count). The van der Waals surface area contributed by atoms with Crippen molar-refractivity contribution >= 4 is 17.8 Å². The summed E-state index contributed by atoms with van der Waals surface area (Å²) in [7, 11) is 0. The van der Waals surface area contributed by atoms with Crippen LogP contribution >= 0.6 is 0 Å². The van der Waals surface area contributed by atoms with Gasteiger partial charge in [0, 0.05) is 0 Å². The van der Waals surface area contributed by atoms with Gasteiger partial charge in [0.2, 0.25) is 0 Å². The number of hydroxylamine groups is 2. The number of carbonyl (C=O) groups excluding carboxylic acids is 3. The van der Waals surface area contributed by atoms with E-state index in [0.29, 0.717) is 11.5 Å². The van der Waals surface area contributed by atoms with Crippen LogP contribution in [0, 0.1) is 5.41 Å². The van der Waals surface area contributed by atoms with Gasteiger partial charge in [-0.05, 0) is 43.4 Å². The fourth-order valence-corrected chi connectivity index (χ4v) is 3.17. The molecule has 1 saturated carbocycles. The Hall–Kier alpha value is -2.95. The first kappa shape index (κ1) is 15.6. The number of rotatable bonds is 5.